The number of carbonyl (C=O) groups is 2. The summed E-state index contributed by atoms with van der Waals surface area (Å²) in [6.07, 6.45) is 1.44. The first-order chi connectivity index (χ1) is 16.6. The number of ether oxygens (including phenoxy) is 1. The maximum absolute atomic E-state index is 13.7. The van der Waals surface area contributed by atoms with Crippen LogP contribution < -0.4 is 14.4 Å². The van der Waals surface area contributed by atoms with Crippen molar-refractivity contribution in [1.82, 2.24) is 10.2 Å². The molecule has 0 aliphatic rings. The number of hydrogen-bond acceptors (Lipinski definition) is 5. The third-order valence-corrected chi connectivity index (χ3v) is 6.51. The van der Waals surface area contributed by atoms with Crippen LogP contribution in [0.3, 0.4) is 0 Å². The fourth-order valence-electron chi connectivity index (χ4n) is 3.66. The van der Waals surface area contributed by atoms with E-state index < -0.39 is 28.5 Å². The standard InChI is InChI=1S/C26H37N3O5S/c1-6-22(26(31)27-17-20(3)4)28(18-21-13-9-8-10-14-21)25(30)19-29(35(5,32)33)23-15-11-12-16-24(23)34-7-2/h8-16,20,22H,6-7,17-19H2,1-5H3,(H,27,31)/t22-/m0/s1. The molecule has 0 saturated heterocycles. The third-order valence-electron chi connectivity index (χ3n) is 5.38. The Hall–Kier alpha value is -3.07. The maximum atomic E-state index is 13.7. The number of hydrogen-bond donors (Lipinski definition) is 1. The van der Waals surface area contributed by atoms with Gasteiger partial charge in [0.25, 0.3) is 0 Å². The number of nitrogens with one attached hydrogen (secondary N) is 1. The Bertz CT molecular complexity index is 1070. The molecule has 1 N–H and O–H groups in total. The molecule has 2 aromatic carbocycles. The van der Waals surface area contributed by atoms with Gasteiger partial charge in [-0.15, -0.1) is 0 Å². The van der Waals surface area contributed by atoms with Crippen molar-refractivity contribution in [3.05, 3.63) is 60.2 Å². The van der Waals surface area contributed by atoms with Gasteiger partial charge in [0.2, 0.25) is 21.8 Å². The lowest BCUT2D eigenvalue weighted by atomic mass is 10.1. The molecule has 0 aliphatic carbocycles. The van der Waals surface area contributed by atoms with E-state index in [1.54, 1.807) is 31.2 Å². The van der Waals surface area contributed by atoms with Gasteiger partial charge in [-0.05, 0) is 37.0 Å². The molecule has 0 aliphatic heterocycles. The molecule has 35 heavy (non-hydrogen) atoms. The highest BCUT2D eigenvalue weighted by molar-refractivity contribution is 7.92. The van der Waals surface area contributed by atoms with Crippen molar-refractivity contribution in [3.63, 3.8) is 0 Å². The molecule has 0 aromatic heterocycles. The van der Waals surface area contributed by atoms with Crippen molar-refractivity contribution in [2.75, 3.05) is 30.3 Å². The first-order valence-corrected chi connectivity index (χ1v) is 13.7. The number of anilines is 1. The zero-order valence-corrected chi connectivity index (χ0v) is 22.0. The van der Waals surface area contributed by atoms with Crippen LogP contribution in [0, 0.1) is 5.92 Å². The zero-order valence-electron chi connectivity index (χ0n) is 21.2. The predicted octanol–water partition coefficient (Wildman–Crippen LogP) is 3.43. The minimum Gasteiger partial charge on any atom is -0.492 e. The Morgan fingerprint density at radius 1 is 1.00 bits per heavy atom. The molecular formula is C26H37N3O5S. The van der Waals surface area contributed by atoms with Crippen molar-refractivity contribution in [2.24, 2.45) is 5.92 Å². The summed E-state index contributed by atoms with van der Waals surface area (Å²) < 4.78 is 32.2. The Balaban J connectivity index is 2.44. The van der Waals surface area contributed by atoms with Crippen LogP contribution >= 0.6 is 0 Å². The monoisotopic (exact) mass is 503 g/mol. The minimum absolute atomic E-state index is 0.179. The molecule has 0 radical (unpaired) electrons. The predicted molar refractivity (Wildman–Crippen MR) is 139 cm³/mol. The number of nitrogens with zero attached hydrogens (tertiary/aromatic N) is 2. The highest BCUT2D eigenvalue weighted by atomic mass is 32.2. The fraction of sp³-hybridized carbons (Fsp3) is 0.462. The van der Waals surface area contributed by atoms with Gasteiger partial charge in [0.1, 0.15) is 18.3 Å². The summed E-state index contributed by atoms with van der Waals surface area (Å²) in [5.74, 6) is -0.113. The second-order valence-corrected chi connectivity index (χ2v) is 10.6. The molecule has 0 unspecified atom stereocenters. The van der Waals surface area contributed by atoms with Crippen molar-refractivity contribution < 1.29 is 22.7 Å². The molecule has 0 bridgehead atoms. The van der Waals surface area contributed by atoms with Crippen molar-refractivity contribution in [2.45, 2.75) is 46.7 Å². The second-order valence-electron chi connectivity index (χ2n) is 8.74. The van der Waals surface area contributed by atoms with Gasteiger partial charge in [-0.3, -0.25) is 13.9 Å². The largest absolute Gasteiger partial charge is 0.492 e. The average molecular weight is 504 g/mol. The summed E-state index contributed by atoms with van der Waals surface area (Å²) >= 11 is 0. The molecule has 2 aromatic rings. The lowest BCUT2D eigenvalue weighted by molar-refractivity contribution is -0.140. The van der Waals surface area contributed by atoms with Crippen LogP contribution in [-0.4, -0.2) is 57.1 Å². The quantitative estimate of drug-likeness (QED) is 0.452. The van der Waals surface area contributed by atoms with Crippen LogP contribution in [0.5, 0.6) is 5.75 Å². The van der Waals surface area contributed by atoms with Crippen LogP contribution in [0.4, 0.5) is 5.69 Å². The Morgan fingerprint density at radius 2 is 1.63 bits per heavy atom. The van der Waals surface area contributed by atoms with Crippen LogP contribution in [0.25, 0.3) is 0 Å². The molecule has 8 nitrogen and oxygen atoms in total. The third kappa shape index (κ3) is 8.28. The normalized spacial score (nSPS) is 12.2. The van der Waals surface area contributed by atoms with Gasteiger partial charge in [-0.2, -0.15) is 0 Å². The number of sulfonamides is 1. The van der Waals surface area contributed by atoms with E-state index in [1.807, 2.05) is 51.1 Å². The van der Waals surface area contributed by atoms with E-state index in [2.05, 4.69) is 5.32 Å². The van der Waals surface area contributed by atoms with Crippen molar-refractivity contribution in [3.8, 4) is 5.75 Å². The van der Waals surface area contributed by atoms with E-state index >= 15 is 0 Å². The maximum Gasteiger partial charge on any atom is 0.244 e. The summed E-state index contributed by atoms with van der Waals surface area (Å²) in [5, 5.41) is 2.91. The van der Waals surface area contributed by atoms with Gasteiger partial charge >= 0.3 is 0 Å². The van der Waals surface area contributed by atoms with E-state index in [-0.39, 0.29) is 24.1 Å². The number of amides is 2. The molecule has 192 valence electrons. The van der Waals surface area contributed by atoms with E-state index in [1.165, 1.54) is 4.90 Å². The van der Waals surface area contributed by atoms with Gasteiger partial charge in [0.15, 0.2) is 0 Å². The summed E-state index contributed by atoms with van der Waals surface area (Å²) in [7, 11) is -3.83. The smallest absolute Gasteiger partial charge is 0.244 e. The number of para-hydroxylation sites is 2. The highest BCUT2D eigenvalue weighted by Crippen LogP contribution is 2.30. The first-order valence-electron chi connectivity index (χ1n) is 11.9. The van der Waals surface area contributed by atoms with Gasteiger partial charge in [0.05, 0.1) is 18.6 Å². The van der Waals surface area contributed by atoms with E-state index in [0.717, 1.165) is 16.1 Å². The molecule has 1 atom stereocenters. The SMILES string of the molecule is CCOc1ccccc1N(CC(=O)N(Cc1ccccc1)[C@@H](CC)C(=O)NCC(C)C)S(C)(=O)=O. The van der Waals surface area contributed by atoms with Crippen molar-refractivity contribution >= 4 is 27.5 Å². The molecular weight excluding hydrogens is 466 g/mol. The molecule has 2 amide bonds. The first kappa shape index (κ1) is 28.2. The minimum atomic E-state index is -3.83. The topological polar surface area (TPSA) is 96.0 Å². The summed E-state index contributed by atoms with van der Waals surface area (Å²) in [6, 6.07) is 15.3. The van der Waals surface area contributed by atoms with E-state index in [0.29, 0.717) is 25.3 Å². The molecule has 9 heteroatoms. The molecule has 0 fully saturated rings. The van der Waals surface area contributed by atoms with Crippen molar-refractivity contribution in [1.29, 1.82) is 0 Å². The second kappa shape index (κ2) is 13.1. The number of rotatable bonds is 13. The van der Waals surface area contributed by atoms with Gasteiger partial charge < -0.3 is 15.0 Å². The number of benzene rings is 2. The summed E-state index contributed by atoms with van der Waals surface area (Å²) in [4.78, 5) is 28.2. The Kier molecular flexibility index (Phi) is 10.6. The molecule has 0 heterocycles. The zero-order chi connectivity index (χ0) is 26.0. The molecule has 0 saturated carbocycles. The highest BCUT2D eigenvalue weighted by Gasteiger charge is 2.32. The van der Waals surface area contributed by atoms with Crippen LogP contribution in [0.15, 0.2) is 54.6 Å². The molecule has 0 spiro atoms. The van der Waals surface area contributed by atoms with E-state index in [9.17, 15) is 18.0 Å². The van der Waals surface area contributed by atoms with Gasteiger partial charge in [0, 0.05) is 13.1 Å². The lowest BCUT2D eigenvalue weighted by Crippen LogP contribution is -2.52. The Morgan fingerprint density at radius 3 is 2.20 bits per heavy atom. The number of carbonyl (C=O) groups excluding carboxylic acids is 2. The van der Waals surface area contributed by atoms with Crippen LogP contribution in [0.1, 0.15) is 39.7 Å². The van der Waals surface area contributed by atoms with Crippen LogP contribution in [-0.2, 0) is 26.2 Å². The average Bonchev–Trinajstić information content (AvgIpc) is 2.81. The summed E-state index contributed by atoms with van der Waals surface area (Å²) in [6.45, 7) is 8.18. The molecule has 2 rings (SSSR count). The fourth-order valence-corrected chi connectivity index (χ4v) is 4.51. The lowest BCUT2D eigenvalue weighted by Gasteiger charge is -2.33. The van der Waals surface area contributed by atoms with Gasteiger partial charge in [-0.1, -0.05) is 63.2 Å². The summed E-state index contributed by atoms with van der Waals surface area (Å²) in [5.41, 5.74) is 1.12. The Labute approximate surface area is 209 Å². The van der Waals surface area contributed by atoms with Gasteiger partial charge in [-0.25, -0.2) is 8.42 Å². The van der Waals surface area contributed by atoms with Crippen LogP contribution in [0.2, 0.25) is 0 Å². The van der Waals surface area contributed by atoms with E-state index in [4.69, 9.17) is 4.74 Å².